The molecule has 0 saturated carbocycles. The Morgan fingerprint density at radius 3 is 2.13 bits per heavy atom. The lowest BCUT2D eigenvalue weighted by molar-refractivity contribution is 0.247. The van der Waals surface area contributed by atoms with Crippen molar-refractivity contribution in [2.24, 2.45) is 21.7 Å². The smallest absolute Gasteiger partial charge is 0.211 e. The number of hydrogen-bond donors (Lipinski definition) is 2. The van der Waals surface area contributed by atoms with Gasteiger partial charge in [0.15, 0.2) is 0 Å². The van der Waals surface area contributed by atoms with Crippen LogP contribution in [0.15, 0.2) is 89.1 Å². The molecule has 31 heavy (non-hydrogen) atoms. The summed E-state index contributed by atoms with van der Waals surface area (Å²) in [5, 5.41) is 7.36. The molecule has 7 heteroatoms. The first-order valence-corrected chi connectivity index (χ1v) is 9.93. The molecule has 0 amide bonds. The third-order valence-electron chi connectivity index (χ3n) is 4.14. The SMILES string of the molecule is NC(N)=NN=Cc1cccc(OCCCOc2ccc(OCc3ccccc3)cc2)c1. The first kappa shape index (κ1) is 21.7. The standard InChI is InChI=1S/C24H26N4O3/c25-24(26)28-27-17-20-8-4-9-23(16-20)30-15-5-14-29-21-10-12-22(13-11-21)31-18-19-6-2-1-3-7-19/h1-4,6-13,16-17H,5,14-15,18H2,(H4,25,26,28). The van der Waals surface area contributed by atoms with E-state index in [4.69, 9.17) is 25.7 Å². The molecule has 0 aliphatic heterocycles. The third-order valence-corrected chi connectivity index (χ3v) is 4.14. The van der Waals surface area contributed by atoms with E-state index < -0.39 is 0 Å². The number of ether oxygens (including phenoxy) is 3. The Balaban J connectivity index is 1.35. The molecule has 0 saturated heterocycles. The summed E-state index contributed by atoms with van der Waals surface area (Å²) >= 11 is 0. The highest BCUT2D eigenvalue weighted by Gasteiger charge is 1.99. The second-order valence-electron chi connectivity index (χ2n) is 6.64. The van der Waals surface area contributed by atoms with Crippen molar-refractivity contribution in [3.8, 4) is 17.2 Å². The van der Waals surface area contributed by atoms with Crippen molar-refractivity contribution in [2.75, 3.05) is 13.2 Å². The largest absolute Gasteiger partial charge is 0.493 e. The van der Waals surface area contributed by atoms with Gasteiger partial charge in [-0.15, -0.1) is 5.10 Å². The predicted octanol–water partition coefficient (Wildman–Crippen LogP) is 3.72. The molecule has 3 rings (SSSR count). The minimum absolute atomic E-state index is 0.0852. The zero-order chi connectivity index (χ0) is 21.7. The van der Waals surface area contributed by atoms with Crippen molar-refractivity contribution >= 4 is 12.2 Å². The number of rotatable bonds is 11. The summed E-state index contributed by atoms with van der Waals surface area (Å²) in [5.41, 5.74) is 12.4. The quantitative estimate of drug-likeness (QED) is 0.214. The minimum atomic E-state index is -0.0852. The van der Waals surface area contributed by atoms with Crippen LogP contribution in [0.5, 0.6) is 17.2 Å². The Morgan fingerprint density at radius 1 is 0.742 bits per heavy atom. The van der Waals surface area contributed by atoms with Gasteiger partial charge in [-0.05, 0) is 47.5 Å². The van der Waals surface area contributed by atoms with E-state index in [0.717, 1.165) is 34.8 Å². The summed E-state index contributed by atoms with van der Waals surface area (Å²) in [6, 6.07) is 25.2. The Hall–Kier alpha value is -4.00. The van der Waals surface area contributed by atoms with E-state index in [1.807, 2.05) is 78.9 Å². The van der Waals surface area contributed by atoms with Gasteiger partial charge in [-0.3, -0.25) is 0 Å². The van der Waals surface area contributed by atoms with E-state index in [1.165, 1.54) is 0 Å². The Labute approximate surface area is 182 Å². The molecule has 0 atom stereocenters. The van der Waals surface area contributed by atoms with E-state index >= 15 is 0 Å². The van der Waals surface area contributed by atoms with Crippen LogP contribution in [0.1, 0.15) is 17.5 Å². The second kappa shape index (κ2) is 11.9. The summed E-state index contributed by atoms with van der Waals surface area (Å²) in [4.78, 5) is 0. The van der Waals surface area contributed by atoms with Crippen molar-refractivity contribution in [3.05, 3.63) is 90.0 Å². The first-order chi connectivity index (χ1) is 15.2. The van der Waals surface area contributed by atoms with Crippen LogP contribution >= 0.6 is 0 Å². The van der Waals surface area contributed by atoms with Gasteiger partial charge in [0.05, 0.1) is 19.4 Å². The molecule has 0 fully saturated rings. The molecule has 7 nitrogen and oxygen atoms in total. The number of guanidine groups is 1. The van der Waals surface area contributed by atoms with Crippen LogP contribution in [0.2, 0.25) is 0 Å². The molecule has 0 aliphatic rings. The molecule has 0 unspecified atom stereocenters. The molecule has 0 heterocycles. The van der Waals surface area contributed by atoms with Crippen molar-refractivity contribution in [3.63, 3.8) is 0 Å². The fourth-order valence-corrected chi connectivity index (χ4v) is 2.66. The van der Waals surface area contributed by atoms with E-state index in [0.29, 0.717) is 19.8 Å². The van der Waals surface area contributed by atoms with E-state index in [-0.39, 0.29) is 5.96 Å². The maximum absolute atomic E-state index is 5.78. The van der Waals surface area contributed by atoms with Crippen LogP contribution in [-0.4, -0.2) is 25.4 Å². The zero-order valence-electron chi connectivity index (χ0n) is 17.2. The Bertz CT molecular complexity index is 985. The van der Waals surface area contributed by atoms with Gasteiger partial charge in [0.1, 0.15) is 23.9 Å². The van der Waals surface area contributed by atoms with Crippen LogP contribution in [0.4, 0.5) is 0 Å². The van der Waals surface area contributed by atoms with E-state index in [9.17, 15) is 0 Å². The average Bonchev–Trinajstić information content (AvgIpc) is 2.79. The van der Waals surface area contributed by atoms with Gasteiger partial charge in [0.2, 0.25) is 5.96 Å². The summed E-state index contributed by atoms with van der Waals surface area (Å²) in [5.74, 6) is 2.26. The van der Waals surface area contributed by atoms with Crippen LogP contribution in [-0.2, 0) is 6.61 Å². The highest BCUT2D eigenvalue weighted by Crippen LogP contribution is 2.19. The molecular weight excluding hydrogens is 392 g/mol. The molecule has 160 valence electrons. The third kappa shape index (κ3) is 8.10. The van der Waals surface area contributed by atoms with Gasteiger partial charge < -0.3 is 25.7 Å². The van der Waals surface area contributed by atoms with Gasteiger partial charge >= 0.3 is 0 Å². The van der Waals surface area contributed by atoms with Crippen molar-refractivity contribution in [1.82, 2.24) is 0 Å². The van der Waals surface area contributed by atoms with Crippen LogP contribution in [0.25, 0.3) is 0 Å². The highest BCUT2D eigenvalue weighted by molar-refractivity contribution is 5.81. The summed E-state index contributed by atoms with van der Waals surface area (Å²) in [6.07, 6.45) is 2.31. The number of hydrogen-bond acceptors (Lipinski definition) is 5. The molecule has 4 N–H and O–H groups in total. The topological polar surface area (TPSA) is 104 Å². The molecule has 3 aromatic carbocycles. The molecular formula is C24H26N4O3. The van der Waals surface area contributed by atoms with Gasteiger partial charge in [0, 0.05) is 6.42 Å². The molecule has 0 spiro atoms. The minimum Gasteiger partial charge on any atom is -0.493 e. The number of nitrogens with two attached hydrogens (primary N) is 2. The van der Waals surface area contributed by atoms with Crippen LogP contribution < -0.4 is 25.7 Å². The van der Waals surface area contributed by atoms with Crippen molar-refractivity contribution in [1.29, 1.82) is 0 Å². The maximum atomic E-state index is 5.78. The van der Waals surface area contributed by atoms with E-state index in [1.54, 1.807) is 6.21 Å². The summed E-state index contributed by atoms with van der Waals surface area (Å²) < 4.78 is 17.3. The van der Waals surface area contributed by atoms with Crippen LogP contribution in [0, 0.1) is 0 Å². The molecule has 0 aliphatic carbocycles. The van der Waals surface area contributed by atoms with Gasteiger partial charge in [-0.25, -0.2) is 0 Å². The van der Waals surface area contributed by atoms with Gasteiger partial charge in [0.25, 0.3) is 0 Å². The normalized spacial score (nSPS) is 10.6. The lowest BCUT2D eigenvalue weighted by atomic mass is 10.2. The number of nitrogens with zero attached hydrogens (tertiary/aromatic N) is 2. The lowest BCUT2D eigenvalue weighted by Gasteiger charge is -2.10. The fraction of sp³-hybridized carbons (Fsp3) is 0.167. The average molecular weight is 418 g/mol. The van der Waals surface area contributed by atoms with Crippen molar-refractivity contribution < 1.29 is 14.2 Å². The Morgan fingerprint density at radius 2 is 1.42 bits per heavy atom. The van der Waals surface area contributed by atoms with Gasteiger partial charge in [-0.2, -0.15) is 5.10 Å². The Kier molecular flexibility index (Phi) is 8.31. The maximum Gasteiger partial charge on any atom is 0.211 e. The molecule has 0 radical (unpaired) electrons. The van der Waals surface area contributed by atoms with E-state index in [2.05, 4.69) is 10.2 Å². The molecule has 0 aromatic heterocycles. The van der Waals surface area contributed by atoms with Gasteiger partial charge in [-0.1, -0.05) is 42.5 Å². The molecule has 3 aromatic rings. The summed E-state index contributed by atoms with van der Waals surface area (Å²) in [7, 11) is 0. The zero-order valence-corrected chi connectivity index (χ0v) is 17.2. The molecule has 0 bridgehead atoms. The predicted molar refractivity (Wildman–Crippen MR) is 123 cm³/mol. The van der Waals surface area contributed by atoms with Crippen LogP contribution in [0.3, 0.4) is 0 Å². The van der Waals surface area contributed by atoms with Crippen molar-refractivity contribution in [2.45, 2.75) is 13.0 Å². The lowest BCUT2D eigenvalue weighted by Crippen LogP contribution is -2.21. The first-order valence-electron chi connectivity index (χ1n) is 9.93. The summed E-state index contributed by atoms with van der Waals surface area (Å²) in [6.45, 7) is 1.63. The second-order valence-corrected chi connectivity index (χ2v) is 6.64. The number of benzene rings is 3. The monoisotopic (exact) mass is 418 g/mol. The highest BCUT2D eigenvalue weighted by atomic mass is 16.5. The fourth-order valence-electron chi connectivity index (χ4n) is 2.66.